The van der Waals surface area contributed by atoms with Crippen LogP contribution in [0.3, 0.4) is 0 Å². The van der Waals surface area contributed by atoms with Gasteiger partial charge in [-0.1, -0.05) is 57.2 Å². The fraction of sp³-hybridized carbons (Fsp3) is 0.393. The van der Waals surface area contributed by atoms with Crippen molar-refractivity contribution in [3.05, 3.63) is 64.8 Å². The number of hydrogen-bond acceptors (Lipinski definition) is 6. The SMILES string of the molecule is Cc1nc(C(=O)N(CCNC(=O)c2cccc3c2OCCO3)CCC(C)(C)C)c(-c2ccccc2)s1. The molecular weight excluding hydrogens is 474 g/mol. The van der Waals surface area contributed by atoms with Crippen molar-refractivity contribution in [2.75, 3.05) is 32.8 Å². The molecule has 8 heteroatoms. The Bertz CT molecular complexity index is 1220. The summed E-state index contributed by atoms with van der Waals surface area (Å²) < 4.78 is 11.3. The Balaban J connectivity index is 1.50. The van der Waals surface area contributed by atoms with Crippen LogP contribution >= 0.6 is 11.3 Å². The zero-order valence-corrected chi connectivity index (χ0v) is 22.1. The Morgan fingerprint density at radius 1 is 1.03 bits per heavy atom. The first-order valence-corrected chi connectivity index (χ1v) is 13.0. The minimum atomic E-state index is -0.255. The molecule has 0 saturated heterocycles. The first kappa shape index (κ1) is 25.7. The molecule has 1 N–H and O–H groups in total. The lowest BCUT2D eigenvalue weighted by Gasteiger charge is -2.27. The normalized spacial score (nSPS) is 12.8. The summed E-state index contributed by atoms with van der Waals surface area (Å²) in [6.45, 7) is 10.5. The summed E-state index contributed by atoms with van der Waals surface area (Å²) in [5, 5.41) is 3.79. The Labute approximate surface area is 216 Å². The molecule has 0 fully saturated rings. The van der Waals surface area contributed by atoms with Gasteiger partial charge in [0.1, 0.15) is 18.9 Å². The van der Waals surface area contributed by atoms with E-state index in [0.29, 0.717) is 55.6 Å². The lowest BCUT2D eigenvalue weighted by Crippen LogP contribution is -2.40. The molecule has 7 nitrogen and oxygen atoms in total. The third-order valence-corrected chi connectivity index (χ3v) is 6.89. The second-order valence-corrected chi connectivity index (χ2v) is 11.2. The van der Waals surface area contributed by atoms with Gasteiger partial charge in [0, 0.05) is 19.6 Å². The van der Waals surface area contributed by atoms with Gasteiger partial charge in [-0.15, -0.1) is 11.3 Å². The number of rotatable bonds is 8. The number of nitrogens with zero attached hydrogens (tertiary/aromatic N) is 2. The van der Waals surface area contributed by atoms with Crippen LogP contribution in [0.25, 0.3) is 10.4 Å². The smallest absolute Gasteiger partial charge is 0.274 e. The fourth-order valence-electron chi connectivity index (χ4n) is 3.94. The zero-order valence-electron chi connectivity index (χ0n) is 21.3. The molecule has 0 aliphatic carbocycles. The molecule has 0 atom stereocenters. The van der Waals surface area contributed by atoms with E-state index >= 15 is 0 Å². The number of fused-ring (bicyclic) bond motifs is 1. The summed E-state index contributed by atoms with van der Waals surface area (Å²) in [6.07, 6.45) is 0.827. The first-order chi connectivity index (χ1) is 17.2. The van der Waals surface area contributed by atoms with E-state index in [4.69, 9.17) is 9.47 Å². The minimum absolute atomic E-state index is 0.0580. The minimum Gasteiger partial charge on any atom is -0.486 e. The van der Waals surface area contributed by atoms with E-state index in [2.05, 4.69) is 31.1 Å². The lowest BCUT2D eigenvalue weighted by atomic mass is 9.92. The van der Waals surface area contributed by atoms with Crippen LogP contribution in [0.4, 0.5) is 0 Å². The van der Waals surface area contributed by atoms with Crippen LogP contribution in [-0.4, -0.2) is 54.5 Å². The maximum Gasteiger partial charge on any atom is 0.274 e. The molecule has 2 heterocycles. The topological polar surface area (TPSA) is 80.8 Å². The largest absolute Gasteiger partial charge is 0.486 e. The highest BCUT2D eigenvalue weighted by Gasteiger charge is 2.26. The van der Waals surface area contributed by atoms with Gasteiger partial charge in [0.2, 0.25) is 0 Å². The summed E-state index contributed by atoms with van der Waals surface area (Å²) in [5.74, 6) is 0.663. The molecule has 0 bridgehead atoms. The number of benzene rings is 2. The molecule has 1 aliphatic rings. The molecule has 190 valence electrons. The fourth-order valence-corrected chi connectivity index (χ4v) is 4.86. The maximum atomic E-state index is 13.7. The van der Waals surface area contributed by atoms with E-state index in [1.165, 1.54) is 11.3 Å². The Hall–Kier alpha value is -3.39. The van der Waals surface area contributed by atoms with E-state index in [1.54, 1.807) is 23.1 Å². The van der Waals surface area contributed by atoms with Crippen molar-refractivity contribution in [2.45, 2.75) is 34.1 Å². The van der Waals surface area contributed by atoms with E-state index in [0.717, 1.165) is 21.9 Å². The number of para-hydroxylation sites is 1. The van der Waals surface area contributed by atoms with Crippen LogP contribution in [0.15, 0.2) is 48.5 Å². The van der Waals surface area contributed by atoms with Gasteiger partial charge in [-0.3, -0.25) is 9.59 Å². The standard InChI is InChI=1S/C28H33N3O4S/c1-19-30-23(25(36-19)20-9-6-5-7-10-20)27(33)31(15-13-28(2,3)4)16-14-29-26(32)21-11-8-12-22-24(21)35-18-17-34-22/h5-12H,13-18H2,1-4H3,(H,29,32). The van der Waals surface area contributed by atoms with Crippen LogP contribution in [0.2, 0.25) is 0 Å². The molecule has 0 spiro atoms. The van der Waals surface area contributed by atoms with Crippen molar-refractivity contribution in [1.29, 1.82) is 0 Å². The van der Waals surface area contributed by atoms with Crippen LogP contribution < -0.4 is 14.8 Å². The summed E-state index contributed by atoms with van der Waals surface area (Å²) >= 11 is 1.52. The Morgan fingerprint density at radius 3 is 2.53 bits per heavy atom. The van der Waals surface area contributed by atoms with E-state index in [1.807, 2.05) is 37.3 Å². The van der Waals surface area contributed by atoms with Gasteiger partial charge < -0.3 is 19.7 Å². The maximum absolute atomic E-state index is 13.7. The molecule has 4 rings (SSSR count). The number of carbonyl (C=O) groups excluding carboxylic acids is 2. The molecule has 2 amide bonds. The highest BCUT2D eigenvalue weighted by atomic mass is 32.1. The van der Waals surface area contributed by atoms with Crippen molar-refractivity contribution in [3.63, 3.8) is 0 Å². The van der Waals surface area contributed by atoms with E-state index in [-0.39, 0.29) is 17.2 Å². The number of aryl methyl sites for hydroxylation is 1. The number of amides is 2. The van der Waals surface area contributed by atoms with Gasteiger partial charge in [0.15, 0.2) is 11.5 Å². The molecular formula is C28H33N3O4S. The van der Waals surface area contributed by atoms with Gasteiger partial charge in [0.25, 0.3) is 11.8 Å². The van der Waals surface area contributed by atoms with Gasteiger partial charge in [0.05, 0.1) is 15.4 Å². The molecule has 0 saturated carbocycles. The Morgan fingerprint density at radius 2 is 1.78 bits per heavy atom. The number of hydrogen-bond donors (Lipinski definition) is 1. The molecule has 3 aromatic rings. The predicted octanol–water partition coefficient (Wildman–Crippen LogP) is 5.20. The average Bonchev–Trinajstić information content (AvgIpc) is 3.26. The third kappa shape index (κ3) is 6.23. The second-order valence-electron chi connectivity index (χ2n) is 9.97. The van der Waals surface area contributed by atoms with Crippen LogP contribution in [-0.2, 0) is 0 Å². The third-order valence-electron chi connectivity index (χ3n) is 5.87. The number of carbonyl (C=O) groups is 2. The summed E-state index contributed by atoms with van der Waals surface area (Å²) in [6, 6.07) is 15.2. The summed E-state index contributed by atoms with van der Waals surface area (Å²) in [7, 11) is 0. The van der Waals surface area contributed by atoms with Crippen molar-refractivity contribution in [3.8, 4) is 21.9 Å². The summed E-state index contributed by atoms with van der Waals surface area (Å²) in [5.41, 5.74) is 1.93. The molecule has 2 aromatic carbocycles. The van der Waals surface area contributed by atoms with E-state index in [9.17, 15) is 9.59 Å². The lowest BCUT2D eigenvalue weighted by molar-refractivity contribution is 0.0726. The number of ether oxygens (including phenoxy) is 2. The van der Waals surface area contributed by atoms with Crippen molar-refractivity contribution in [1.82, 2.24) is 15.2 Å². The van der Waals surface area contributed by atoms with Crippen molar-refractivity contribution < 1.29 is 19.1 Å². The van der Waals surface area contributed by atoms with Crippen LogP contribution in [0, 0.1) is 12.3 Å². The zero-order chi connectivity index (χ0) is 25.7. The van der Waals surface area contributed by atoms with Crippen LogP contribution in [0.5, 0.6) is 11.5 Å². The first-order valence-electron chi connectivity index (χ1n) is 12.2. The molecule has 0 unspecified atom stereocenters. The van der Waals surface area contributed by atoms with Crippen molar-refractivity contribution in [2.24, 2.45) is 5.41 Å². The monoisotopic (exact) mass is 507 g/mol. The predicted molar refractivity (Wildman–Crippen MR) is 142 cm³/mol. The summed E-state index contributed by atoms with van der Waals surface area (Å²) in [4.78, 5) is 33.9. The van der Waals surface area contributed by atoms with Gasteiger partial charge in [-0.2, -0.15) is 0 Å². The second kappa shape index (κ2) is 11.1. The molecule has 1 aliphatic heterocycles. The molecule has 36 heavy (non-hydrogen) atoms. The quantitative estimate of drug-likeness (QED) is 0.453. The number of nitrogens with one attached hydrogen (secondary N) is 1. The Kier molecular flexibility index (Phi) is 7.94. The number of thiazole rings is 1. The van der Waals surface area contributed by atoms with Crippen LogP contribution in [0.1, 0.15) is 53.0 Å². The number of aromatic nitrogens is 1. The average molecular weight is 508 g/mol. The van der Waals surface area contributed by atoms with Gasteiger partial charge in [-0.25, -0.2) is 4.98 Å². The molecule has 0 radical (unpaired) electrons. The van der Waals surface area contributed by atoms with Crippen molar-refractivity contribution >= 4 is 23.2 Å². The van der Waals surface area contributed by atoms with Gasteiger partial charge in [-0.05, 0) is 36.5 Å². The van der Waals surface area contributed by atoms with E-state index < -0.39 is 0 Å². The van der Waals surface area contributed by atoms with Gasteiger partial charge >= 0.3 is 0 Å². The highest BCUT2D eigenvalue weighted by Crippen LogP contribution is 2.34. The molecule has 1 aromatic heterocycles. The highest BCUT2D eigenvalue weighted by molar-refractivity contribution is 7.15.